The Morgan fingerprint density at radius 2 is 1.62 bits per heavy atom. The zero-order valence-corrected chi connectivity index (χ0v) is 15.3. The maximum Gasteiger partial charge on any atom is 0.235 e. The van der Waals surface area contributed by atoms with Gasteiger partial charge in [-0.1, -0.05) is 54.8 Å². The summed E-state index contributed by atoms with van der Waals surface area (Å²) in [6.07, 6.45) is 4.63. The second kappa shape index (κ2) is 7.20. The van der Waals surface area contributed by atoms with Crippen LogP contribution in [0.5, 0.6) is 11.5 Å². The molecular formula is C21H22ClNO3. The van der Waals surface area contributed by atoms with E-state index >= 15 is 0 Å². The topological polar surface area (TPSA) is 47.6 Å². The minimum atomic E-state index is -0.491. The van der Waals surface area contributed by atoms with E-state index in [4.69, 9.17) is 21.1 Å². The molecule has 0 bridgehead atoms. The molecule has 2 aliphatic rings. The van der Waals surface area contributed by atoms with Gasteiger partial charge in [-0.15, -0.1) is 0 Å². The van der Waals surface area contributed by atoms with Gasteiger partial charge in [0.05, 0.1) is 29.3 Å². The zero-order valence-electron chi connectivity index (χ0n) is 14.6. The maximum atomic E-state index is 13.3. The van der Waals surface area contributed by atoms with Gasteiger partial charge < -0.3 is 14.8 Å². The molecule has 0 aromatic heterocycles. The van der Waals surface area contributed by atoms with Crippen LogP contribution < -0.4 is 14.8 Å². The molecule has 1 N–H and O–H groups in total. The number of hydrogen-bond acceptors (Lipinski definition) is 3. The Bertz CT molecular complexity index is 800. The van der Waals surface area contributed by atoms with Crippen LogP contribution in [0.3, 0.4) is 0 Å². The first-order valence-electron chi connectivity index (χ1n) is 9.15. The van der Waals surface area contributed by atoms with E-state index in [1.54, 1.807) is 12.1 Å². The van der Waals surface area contributed by atoms with E-state index < -0.39 is 5.41 Å². The molecule has 5 heteroatoms. The molecule has 26 heavy (non-hydrogen) atoms. The van der Waals surface area contributed by atoms with Crippen LogP contribution in [-0.4, -0.2) is 19.1 Å². The number of halogens is 1. The van der Waals surface area contributed by atoms with Gasteiger partial charge in [-0.3, -0.25) is 4.79 Å². The number of amides is 1. The van der Waals surface area contributed by atoms with Crippen molar-refractivity contribution >= 4 is 23.2 Å². The van der Waals surface area contributed by atoms with Gasteiger partial charge >= 0.3 is 0 Å². The second-order valence-electron chi connectivity index (χ2n) is 6.94. The Balaban J connectivity index is 1.64. The lowest BCUT2D eigenvalue weighted by molar-refractivity contribution is -0.121. The van der Waals surface area contributed by atoms with Crippen molar-refractivity contribution in [1.82, 2.24) is 0 Å². The number of anilines is 1. The number of nitrogens with one attached hydrogen (secondary N) is 1. The fraction of sp³-hybridized carbons (Fsp3) is 0.381. The molecule has 0 spiro atoms. The maximum absolute atomic E-state index is 13.3. The van der Waals surface area contributed by atoms with Crippen molar-refractivity contribution in [2.75, 3.05) is 18.5 Å². The fourth-order valence-electron chi connectivity index (χ4n) is 3.90. The summed E-state index contributed by atoms with van der Waals surface area (Å²) in [7, 11) is 0. The average molecular weight is 372 g/mol. The smallest absolute Gasteiger partial charge is 0.235 e. The first kappa shape index (κ1) is 17.2. The van der Waals surface area contributed by atoms with Crippen LogP contribution in [0.2, 0.25) is 5.02 Å². The van der Waals surface area contributed by atoms with Crippen LogP contribution in [0, 0.1) is 0 Å². The number of carbonyl (C=O) groups is 1. The highest BCUT2D eigenvalue weighted by molar-refractivity contribution is 6.34. The molecule has 1 fully saturated rings. The van der Waals surface area contributed by atoms with Crippen LogP contribution in [0.4, 0.5) is 5.69 Å². The van der Waals surface area contributed by atoms with Crippen molar-refractivity contribution in [3.8, 4) is 11.5 Å². The van der Waals surface area contributed by atoms with E-state index in [1.165, 1.54) is 0 Å². The molecule has 1 amide bonds. The minimum absolute atomic E-state index is 0.00223. The van der Waals surface area contributed by atoms with E-state index in [2.05, 4.69) is 5.32 Å². The highest BCUT2D eigenvalue weighted by Gasteiger charge is 2.42. The van der Waals surface area contributed by atoms with Crippen LogP contribution >= 0.6 is 11.6 Å². The molecule has 1 aliphatic heterocycles. The summed E-state index contributed by atoms with van der Waals surface area (Å²) < 4.78 is 11.4. The molecule has 0 saturated heterocycles. The monoisotopic (exact) mass is 371 g/mol. The Kier molecular flexibility index (Phi) is 4.77. The third kappa shape index (κ3) is 3.14. The van der Waals surface area contributed by atoms with Crippen molar-refractivity contribution in [3.05, 3.63) is 53.1 Å². The SMILES string of the molecule is O=C(Nc1cc2c(cc1Cl)OCCCO2)C1(c2ccccc2)CCCC1. The van der Waals surface area contributed by atoms with Crippen LogP contribution in [0.25, 0.3) is 0 Å². The van der Waals surface area contributed by atoms with Gasteiger partial charge in [0.25, 0.3) is 0 Å². The third-order valence-corrected chi connectivity index (χ3v) is 5.62. The van der Waals surface area contributed by atoms with Gasteiger partial charge in [-0.2, -0.15) is 0 Å². The van der Waals surface area contributed by atoms with E-state index in [-0.39, 0.29) is 5.91 Å². The Morgan fingerprint density at radius 3 is 2.31 bits per heavy atom. The van der Waals surface area contributed by atoms with E-state index in [9.17, 15) is 4.79 Å². The van der Waals surface area contributed by atoms with Gasteiger partial charge in [-0.05, 0) is 18.4 Å². The molecule has 4 rings (SSSR count). The molecule has 0 radical (unpaired) electrons. The van der Waals surface area contributed by atoms with Gasteiger partial charge in [0.2, 0.25) is 5.91 Å². The minimum Gasteiger partial charge on any atom is -0.490 e. The first-order valence-corrected chi connectivity index (χ1v) is 9.53. The lowest BCUT2D eigenvalue weighted by atomic mass is 9.78. The molecule has 2 aromatic carbocycles. The van der Waals surface area contributed by atoms with Gasteiger partial charge in [0.1, 0.15) is 0 Å². The van der Waals surface area contributed by atoms with Gasteiger partial charge in [-0.25, -0.2) is 0 Å². The quantitative estimate of drug-likeness (QED) is 0.830. The Morgan fingerprint density at radius 1 is 0.962 bits per heavy atom. The number of fused-ring (bicyclic) bond motifs is 1. The van der Waals surface area contributed by atoms with E-state index in [0.717, 1.165) is 37.7 Å². The number of benzene rings is 2. The average Bonchev–Trinajstić information content (AvgIpc) is 3.06. The molecule has 2 aromatic rings. The molecule has 4 nitrogen and oxygen atoms in total. The second-order valence-corrected chi connectivity index (χ2v) is 7.35. The summed E-state index contributed by atoms with van der Waals surface area (Å²) >= 11 is 6.41. The van der Waals surface area contributed by atoms with Crippen LogP contribution in [0.1, 0.15) is 37.7 Å². The summed E-state index contributed by atoms with van der Waals surface area (Å²) in [5.41, 5.74) is 1.15. The van der Waals surface area contributed by atoms with Crippen molar-refractivity contribution in [2.45, 2.75) is 37.5 Å². The molecule has 1 saturated carbocycles. The number of ether oxygens (including phenoxy) is 2. The molecule has 136 valence electrons. The van der Waals surface area contributed by atoms with Gasteiger partial charge in [0, 0.05) is 18.6 Å². The van der Waals surface area contributed by atoms with Crippen LogP contribution in [0.15, 0.2) is 42.5 Å². The molecular weight excluding hydrogens is 350 g/mol. The molecule has 0 atom stereocenters. The summed E-state index contributed by atoms with van der Waals surface area (Å²) in [5, 5.41) is 3.52. The van der Waals surface area contributed by atoms with Gasteiger partial charge in [0.15, 0.2) is 11.5 Å². The normalized spacial score (nSPS) is 18.2. The lowest BCUT2D eigenvalue weighted by Gasteiger charge is -2.28. The predicted molar refractivity (Wildman–Crippen MR) is 102 cm³/mol. The molecule has 0 unspecified atom stereocenters. The number of hydrogen-bond donors (Lipinski definition) is 1. The van der Waals surface area contributed by atoms with E-state index in [0.29, 0.717) is 35.4 Å². The first-order chi connectivity index (χ1) is 12.7. The predicted octanol–water partition coefficient (Wildman–Crippen LogP) is 4.95. The standard InChI is InChI=1S/C21H22ClNO3/c22-16-13-18-19(26-12-6-11-25-18)14-17(16)23-20(24)21(9-4-5-10-21)15-7-2-1-3-8-15/h1-3,7-8,13-14H,4-6,9-12H2,(H,23,24). The Labute approximate surface area is 158 Å². The van der Waals surface area contributed by atoms with Crippen molar-refractivity contribution in [3.63, 3.8) is 0 Å². The summed E-state index contributed by atoms with van der Waals surface area (Å²) in [4.78, 5) is 13.3. The van der Waals surface area contributed by atoms with Crippen molar-refractivity contribution < 1.29 is 14.3 Å². The highest BCUT2D eigenvalue weighted by atomic mass is 35.5. The van der Waals surface area contributed by atoms with Crippen molar-refractivity contribution in [2.24, 2.45) is 0 Å². The van der Waals surface area contributed by atoms with Crippen molar-refractivity contribution in [1.29, 1.82) is 0 Å². The molecule has 1 heterocycles. The number of carbonyl (C=O) groups excluding carboxylic acids is 1. The summed E-state index contributed by atoms with van der Waals surface area (Å²) in [6.45, 7) is 1.20. The third-order valence-electron chi connectivity index (χ3n) is 5.30. The molecule has 1 aliphatic carbocycles. The summed E-state index contributed by atoms with van der Waals surface area (Å²) in [6, 6.07) is 13.5. The summed E-state index contributed by atoms with van der Waals surface area (Å²) in [5.74, 6) is 1.25. The fourth-order valence-corrected chi connectivity index (χ4v) is 4.11. The Hall–Kier alpha value is -2.20. The van der Waals surface area contributed by atoms with E-state index in [1.807, 2.05) is 30.3 Å². The van der Waals surface area contributed by atoms with Crippen LogP contribution in [-0.2, 0) is 10.2 Å². The zero-order chi connectivity index (χ0) is 18.0. The highest BCUT2D eigenvalue weighted by Crippen LogP contribution is 2.43. The lowest BCUT2D eigenvalue weighted by Crippen LogP contribution is -2.38. The largest absolute Gasteiger partial charge is 0.490 e. The number of rotatable bonds is 3.